The lowest BCUT2D eigenvalue weighted by Crippen LogP contribution is -2.02. The maximum atomic E-state index is 4.74. The van der Waals surface area contributed by atoms with Gasteiger partial charge in [0.25, 0.3) is 0 Å². The fourth-order valence-electron chi connectivity index (χ4n) is 3.96. The van der Waals surface area contributed by atoms with Crippen LogP contribution in [0.15, 0.2) is 67.0 Å². The van der Waals surface area contributed by atoms with Crippen LogP contribution in [0.2, 0.25) is 0 Å². The highest BCUT2D eigenvalue weighted by Gasteiger charge is 2.17. The maximum absolute atomic E-state index is 4.74. The summed E-state index contributed by atoms with van der Waals surface area (Å²) >= 11 is 1.70. The van der Waals surface area contributed by atoms with Crippen molar-refractivity contribution in [3.63, 3.8) is 0 Å². The summed E-state index contributed by atoms with van der Waals surface area (Å²) in [6.45, 7) is 6.33. The molecular weight excluding hydrogens is 376 g/mol. The molecule has 0 aliphatic rings. The fraction of sp³-hybridized carbons (Fsp3) is 0.125. The molecule has 0 saturated carbocycles. The number of rotatable bonds is 3. The number of nitrogens with zero attached hydrogens (tertiary/aromatic N) is 4. The normalized spacial score (nSPS) is 11.3. The Hall–Kier alpha value is -3.31. The molecule has 0 fully saturated rings. The number of hydrogen-bond donors (Lipinski definition) is 0. The number of fused-ring (bicyclic) bond motifs is 1. The molecule has 0 unspecified atom stereocenters. The van der Waals surface area contributed by atoms with Gasteiger partial charge < -0.3 is 0 Å². The Kier molecular flexibility index (Phi) is 4.25. The van der Waals surface area contributed by atoms with Crippen molar-refractivity contribution in [3.05, 3.63) is 83.1 Å². The first-order chi connectivity index (χ1) is 14.1. The monoisotopic (exact) mass is 396 g/mol. The highest BCUT2D eigenvalue weighted by molar-refractivity contribution is 7.18. The van der Waals surface area contributed by atoms with Crippen LogP contribution in [0, 0.1) is 20.8 Å². The lowest BCUT2D eigenvalue weighted by Gasteiger charge is -2.15. The van der Waals surface area contributed by atoms with Crippen molar-refractivity contribution in [2.24, 2.45) is 0 Å². The maximum Gasteiger partial charge on any atom is 0.170 e. The summed E-state index contributed by atoms with van der Waals surface area (Å²) < 4.78 is 3.26. The van der Waals surface area contributed by atoms with Gasteiger partial charge in [0.1, 0.15) is 6.33 Å². The summed E-state index contributed by atoms with van der Waals surface area (Å²) in [5.74, 6) is 0.819. The molecular formula is C24H20N4S. The third kappa shape index (κ3) is 3.04. The first-order valence-electron chi connectivity index (χ1n) is 9.55. The van der Waals surface area contributed by atoms with E-state index in [4.69, 9.17) is 4.98 Å². The second kappa shape index (κ2) is 6.94. The molecule has 2 aromatic heterocycles. The Morgan fingerprint density at radius 3 is 2.34 bits per heavy atom. The van der Waals surface area contributed by atoms with Crippen molar-refractivity contribution in [1.29, 1.82) is 0 Å². The van der Waals surface area contributed by atoms with Crippen LogP contribution >= 0.6 is 11.3 Å². The second-order valence-corrected chi connectivity index (χ2v) is 8.47. The molecule has 0 aliphatic heterocycles. The van der Waals surface area contributed by atoms with Crippen molar-refractivity contribution >= 4 is 21.6 Å². The Morgan fingerprint density at radius 1 is 0.828 bits per heavy atom. The third-order valence-corrected chi connectivity index (χ3v) is 6.09. The van der Waals surface area contributed by atoms with Gasteiger partial charge in [-0.25, -0.2) is 4.98 Å². The highest BCUT2D eigenvalue weighted by Crippen LogP contribution is 2.34. The van der Waals surface area contributed by atoms with Gasteiger partial charge >= 0.3 is 0 Å². The van der Waals surface area contributed by atoms with Crippen molar-refractivity contribution in [1.82, 2.24) is 19.7 Å². The molecule has 5 heteroatoms. The van der Waals surface area contributed by atoms with E-state index in [9.17, 15) is 0 Å². The van der Waals surface area contributed by atoms with Crippen molar-refractivity contribution < 1.29 is 0 Å². The molecule has 0 saturated heterocycles. The Balaban J connectivity index is 1.68. The van der Waals surface area contributed by atoms with E-state index in [0.29, 0.717) is 0 Å². The van der Waals surface area contributed by atoms with E-state index in [2.05, 4.69) is 83.2 Å². The molecule has 0 spiro atoms. The van der Waals surface area contributed by atoms with E-state index in [0.717, 1.165) is 27.6 Å². The van der Waals surface area contributed by atoms with Gasteiger partial charge in [0.2, 0.25) is 0 Å². The van der Waals surface area contributed by atoms with Gasteiger partial charge in [0, 0.05) is 5.56 Å². The van der Waals surface area contributed by atoms with E-state index in [1.807, 2.05) is 13.0 Å². The van der Waals surface area contributed by atoms with Gasteiger partial charge in [-0.15, -0.1) is 21.5 Å². The molecule has 142 valence electrons. The standard InChI is InChI=1S/C24H20N4S/c1-15-12-19(18-8-5-4-6-9-18)13-16(2)23(15)28-14-25-27-24(28)20-10-7-11-21-22(20)26-17(3)29-21/h4-14H,1-3H3. The van der Waals surface area contributed by atoms with Gasteiger partial charge in [-0.1, -0.05) is 36.4 Å². The summed E-state index contributed by atoms with van der Waals surface area (Å²) in [7, 11) is 0. The molecule has 5 rings (SSSR count). The molecule has 2 heterocycles. The second-order valence-electron chi connectivity index (χ2n) is 7.23. The predicted octanol–water partition coefficient (Wildman–Crippen LogP) is 6.14. The van der Waals surface area contributed by atoms with Crippen LogP contribution in [0.4, 0.5) is 0 Å². The van der Waals surface area contributed by atoms with Crippen LogP contribution in [0.1, 0.15) is 16.1 Å². The smallest absolute Gasteiger partial charge is 0.170 e. The first-order valence-corrected chi connectivity index (χ1v) is 10.4. The minimum Gasteiger partial charge on any atom is -0.281 e. The average molecular weight is 397 g/mol. The SMILES string of the molecule is Cc1nc2c(-c3nncn3-c3c(C)cc(-c4ccccc4)cc3C)cccc2s1. The number of para-hydroxylation sites is 1. The highest BCUT2D eigenvalue weighted by atomic mass is 32.1. The summed E-state index contributed by atoms with van der Waals surface area (Å²) in [5.41, 5.74) is 7.93. The van der Waals surface area contributed by atoms with Gasteiger partial charge in [-0.05, 0) is 67.3 Å². The number of aryl methyl sites for hydroxylation is 3. The number of hydrogen-bond acceptors (Lipinski definition) is 4. The molecule has 5 aromatic rings. The molecule has 0 aliphatic carbocycles. The number of thiazole rings is 1. The largest absolute Gasteiger partial charge is 0.281 e. The van der Waals surface area contributed by atoms with Crippen LogP contribution < -0.4 is 0 Å². The van der Waals surface area contributed by atoms with E-state index >= 15 is 0 Å². The van der Waals surface area contributed by atoms with Gasteiger partial charge in [0.15, 0.2) is 5.82 Å². The zero-order chi connectivity index (χ0) is 20.0. The first kappa shape index (κ1) is 17.8. The van der Waals surface area contributed by atoms with E-state index in [1.54, 1.807) is 17.7 Å². The molecule has 3 aromatic carbocycles. The van der Waals surface area contributed by atoms with Gasteiger partial charge in [0.05, 0.1) is 20.9 Å². The Bertz CT molecular complexity index is 1310. The molecule has 0 amide bonds. The minimum atomic E-state index is 0.819. The van der Waals surface area contributed by atoms with Crippen molar-refractivity contribution in [3.8, 4) is 28.2 Å². The molecule has 29 heavy (non-hydrogen) atoms. The summed E-state index contributed by atoms with van der Waals surface area (Å²) in [5, 5.41) is 9.76. The molecule has 0 radical (unpaired) electrons. The molecule has 0 atom stereocenters. The minimum absolute atomic E-state index is 0.819. The lowest BCUT2D eigenvalue weighted by atomic mass is 9.98. The van der Waals surface area contributed by atoms with E-state index in [-0.39, 0.29) is 0 Å². The molecule has 0 bridgehead atoms. The lowest BCUT2D eigenvalue weighted by molar-refractivity contribution is 1.03. The quantitative estimate of drug-likeness (QED) is 0.368. The zero-order valence-electron chi connectivity index (χ0n) is 16.5. The zero-order valence-corrected chi connectivity index (χ0v) is 17.4. The van der Waals surface area contributed by atoms with Crippen LogP contribution in [0.3, 0.4) is 0 Å². The third-order valence-electron chi connectivity index (χ3n) is 5.15. The number of aromatic nitrogens is 4. The van der Waals surface area contributed by atoms with E-state index in [1.165, 1.54) is 27.0 Å². The van der Waals surface area contributed by atoms with Gasteiger partial charge in [-0.3, -0.25) is 4.57 Å². The predicted molar refractivity (Wildman–Crippen MR) is 120 cm³/mol. The summed E-state index contributed by atoms with van der Waals surface area (Å²) in [6.07, 6.45) is 1.80. The topological polar surface area (TPSA) is 43.6 Å². The van der Waals surface area contributed by atoms with Gasteiger partial charge in [-0.2, -0.15) is 0 Å². The average Bonchev–Trinajstić information content (AvgIpc) is 3.33. The number of benzene rings is 3. The van der Waals surface area contributed by atoms with Crippen molar-refractivity contribution in [2.45, 2.75) is 20.8 Å². The molecule has 0 N–H and O–H groups in total. The van der Waals surface area contributed by atoms with Crippen LogP contribution in [-0.2, 0) is 0 Å². The van der Waals surface area contributed by atoms with E-state index < -0.39 is 0 Å². The summed E-state index contributed by atoms with van der Waals surface area (Å²) in [4.78, 5) is 4.74. The Morgan fingerprint density at radius 2 is 1.59 bits per heavy atom. The fourth-order valence-corrected chi connectivity index (χ4v) is 4.81. The Labute approximate surface area is 173 Å². The van der Waals surface area contributed by atoms with Crippen LogP contribution in [0.25, 0.3) is 38.4 Å². The van der Waals surface area contributed by atoms with Crippen molar-refractivity contribution in [2.75, 3.05) is 0 Å². The summed E-state index contributed by atoms with van der Waals surface area (Å²) in [6, 6.07) is 21.2. The molecule has 4 nitrogen and oxygen atoms in total. The van der Waals surface area contributed by atoms with Crippen LogP contribution in [0.5, 0.6) is 0 Å². The van der Waals surface area contributed by atoms with Crippen LogP contribution in [-0.4, -0.2) is 19.7 Å².